The first kappa shape index (κ1) is 11.8. The predicted octanol–water partition coefficient (Wildman–Crippen LogP) is -0.421. The summed E-state index contributed by atoms with van der Waals surface area (Å²) in [4.78, 5) is 36.0. The van der Waals surface area contributed by atoms with Gasteiger partial charge in [0.05, 0.1) is 12.5 Å². The molecule has 0 spiro atoms. The number of thiazole rings is 1. The fourth-order valence-electron chi connectivity index (χ4n) is 1.68. The van der Waals surface area contributed by atoms with Crippen LogP contribution in [-0.4, -0.2) is 23.3 Å². The summed E-state index contributed by atoms with van der Waals surface area (Å²) >= 11 is 1.07. The van der Waals surface area contributed by atoms with Gasteiger partial charge in [-0.05, 0) is 6.42 Å². The third kappa shape index (κ3) is 3.16. The van der Waals surface area contributed by atoms with Crippen LogP contribution in [-0.2, 0) is 16.1 Å². The molecule has 2 heterocycles. The summed E-state index contributed by atoms with van der Waals surface area (Å²) in [6.45, 7) is 0.715. The molecule has 1 fully saturated rings. The molecule has 6 nitrogen and oxygen atoms in total. The highest BCUT2D eigenvalue weighted by atomic mass is 32.1. The lowest BCUT2D eigenvalue weighted by Gasteiger charge is -2.21. The van der Waals surface area contributed by atoms with Crippen LogP contribution in [0.4, 0.5) is 0 Å². The highest BCUT2D eigenvalue weighted by Crippen LogP contribution is 2.10. The van der Waals surface area contributed by atoms with Crippen molar-refractivity contribution in [2.45, 2.75) is 19.4 Å². The summed E-state index contributed by atoms with van der Waals surface area (Å²) in [6, 6.07) is 0. The lowest BCUT2D eigenvalue weighted by Crippen LogP contribution is -2.42. The van der Waals surface area contributed by atoms with Crippen LogP contribution in [0.1, 0.15) is 18.5 Å². The summed E-state index contributed by atoms with van der Waals surface area (Å²) in [5, 5.41) is 7.09. The summed E-state index contributed by atoms with van der Waals surface area (Å²) < 4.78 is 0. The average molecular weight is 255 g/mol. The van der Waals surface area contributed by atoms with Crippen LogP contribution >= 0.6 is 11.3 Å². The lowest BCUT2D eigenvalue weighted by molar-refractivity contribution is -0.129. The van der Waals surface area contributed by atoms with Gasteiger partial charge in [0.2, 0.25) is 11.8 Å². The van der Waals surface area contributed by atoms with Crippen molar-refractivity contribution in [3.63, 3.8) is 0 Å². The van der Waals surface area contributed by atoms with Crippen molar-refractivity contribution < 1.29 is 9.59 Å². The first-order valence-corrected chi connectivity index (χ1v) is 6.24. The molecule has 17 heavy (non-hydrogen) atoms. The number of amides is 2. The molecule has 1 unspecified atom stereocenters. The molecule has 1 aromatic heterocycles. The van der Waals surface area contributed by atoms with Gasteiger partial charge in [0.25, 0.3) is 0 Å². The molecule has 2 amide bonds. The number of aromatic nitrogens is 1. The summed E-state index contributed by atoms with van der Waals surface area (Å²) in [5.41, 5.74) is 0.702. The van der Waals surface area contributed by atoms with Gasteiger partial charge in [-0.2, -0.15) is 0 Å². The number of hydrogen-bond acceptors (Lipinski definition) is 4. The Morgan fingerprint density at radius 2 is 2.35 bits per heavy atom. The Hall–Kier alpha value is -1.63. The third-order valence-corrected chi connectivity index (χ3v) is 3.38. The zero-order chi connectivity index (χ0) is 12.3. The largest absolute Gasteiger partial charge is 0.355 e. The monoisotopic (exact) mass is 255 g/mol. The molecule has 0 saturated carbocycles. The minimum absolute atomic E-state index is 0.00350. The zero-order valence-corrected chi connectivity index (χ0v) is 9.93. The molecule has 1 aromatic rings. The highest BCUT2D eigenvalue weighted by molar-refractivity contribution is 7.07. The van der Waals surface area contributed by atoms with Gasteiger partial charge in [-0.1, -0.05) is 11.3 Å². The van der Waals surface area contributed by atoms with E-state index in [1.807, 2.05) is 0 Å². The molecule has 1 aliphatic rings. The van der Waals surface area contributed by atoms with E-state index in [9.17, 15) is 14.4 Å². The Morgan fingerprint density at radius 3 is 2.94 bits per heavy atom. The normalized spacial score (nSPS) is 19.8. The molecular formula is C10H13N3O3S. The number of hydrogen-bond donors (Lipinski definition) is 3. The maximum atomic E-state index is 11.7. The van der Waals surface area contributed by atoms with E-state index in [1.54, 1.807) is 5.38 Å². The minimum atomic E-state index is -0.168. The molecule has 0 aliphatic carbocycles. The molecule has 2 rings (SSSR count). The second-order valence-corrected chi connectivity index (χ2v) is 4.77. The molecule has 3 N–H and O–H groups in total. The average Bonchev–Trinajstić information content (AvgIpc) is 2.73. The van der Waals surface area contributed by atoms with Crippen LogP contribution in [0, 0.1) is 5.92 Å². The molecule has 1 aliphatic heterocycles. The maximum absolute atomic E-state index is 11.7. The number of carbonyl (C=O) groups is 2. The van der Waals surface area contributed by atoms with Gasteiger partial charge in [-0.25, -0.2) is 0 Å². The quantitative estimate of drug-likeness (QED) is 0.685. The van der Waals surface area contributed by atoms with Gasteiger partial charge in [0, 0.05) is 24.0 Å². The molecular weight excluding hydrogens is 242 g/mol. The van der Waals surface area contributed by atoms with Crippen molar-refractivity contribution >= 4 is 23.2 Å². The van der Waals surface area contributed by atoms with E-state index < -0.39 is 0 Å². The first-order chi connectivity index (χ1) is 8.15. The van der Waals surface area contributed by atoms with E-state index in [0.717, 1.165) is 11.3 Å². The Balaban J connectivity index is 1.81. The fraction of sp³-hybridized carbons (Fsp3) is 0.500. The van der Waals surface area contributed by atoms with Crippen LogP contribution in [0.3, 0.4) is 0 Å². The third-order valence-electron chi connectivity index (χ3n) is 2.66. The second kappa shape index (κ2) is 5.13. The number of nitrogens with one attached hydrogen (secondary N) is 3. The maximum Gasteiger partial charge on any atom is 0.304 e. The van der Waals surface area contributed by atoms with Gasteiger partial charge >= 0.3 is 4.87 Å². The fourth-order valence-corrected chi connectivity index (χ4v) is 2.27. The molecule has 1 atom stereocenters. The van der Waals surface area contributed by atoms with Gasteiger partial charge in [0.1, 0.15) is 0 Å². The Bertz CT molecular complexity index is 469. The van der Waals surface area contributed by atoms with Crippen LogP contribution in [0.15, 0.2) is 10.2 Å². The molecule has 7 heteroatoms. The number of carbonyl (C=O) groups excluding carboxylic acids is 2. The van der Waals surface area contributed by atoms with Crippen LogP contribution in [0.2, 0.25) is 0 Å². The lowest BCUT2D eigenvalue weighted by atomic mass is 9.98. The zero-order valence-electron chi connectivity index (χ0n) is 9.12. The van der Waals surface area contributed by atoms with E-state index in [4.69, 9.17) is 0 Å². The summed E-state index contributed by atoms with van der Waals surface area (Å²) in [7, 11) is 0. The number of H-pyrrole nitrogens is 1. The molecule has 1 saturated heterocycles. The topological polar surface area (TPSA) is 91.1 Å². The van der Waals surface area contributed by atoms with Crippen molar-refractivity contribution in [3.05, 3.63) is 20.7 Å². The smallest absolute Gasteiger partial charge is 0.304 e. The van der Waals surface area contributed by atoms with E-state index in [0.29, 0.717) is 31.6 Å². The van der Waals surface area contributed by atoms with Crippen LogP contribution in [0.25, 0.3) is 0 Å². The van der Waals surface area contributed by atoms with Gasteiger partial charge in [-0.15, -0.1) is 0 Å². The van der Waals surface area contributed by atoms with Crippen molar-refractivity contribution in [2.24, 2.45) is 5.92 Å². The van der Waals surface area contributed by atoms with Crippen LogP contribution in [0.5, 0.6) is 0 Å². The van der Waals surface area contributed by atoms with E-state index in [-0.39, 0.29) is 22.6 Å². The molecule has 0 aromatic carbocycles. The highest BCUT2D eigenvalue weighted by Gasteiger charge is 2.24. The van der Waals surface area contributed by atoms with Crippen molar-refractivity contribution in [1.29, 1.82) is 0 Å². The van der Waals surface area contributed by atoms with Crippen molar-refractivity contribution in [2.75, 3.05) is 6.54 Å². The molecule has 0 radical (unpaired) electrons. The first-order valence-electron chi connectivity index (χ1n) is 5.36. The number of aromatic amines is 1. The van der Waals surface area contributed by atoms with Crippen LogP contribution < -0.4 is 15.5 Å². The Morgan fingerprint density at radius 1 is 1.53 bits per heavy atom. The molecule has 0 bridgehead atoms. The van der Waals surface area contributed by atoms with E-state index in [2.05, 4.69) is 15.6 Å². The van der Waals surface area contributed by atoms with E-state index >= 15 is 0 Å². The van der Waals surface area contributed by atoms with Crippen molar-refractivity contribution in [1.82, 2.24) is 15.6 Å². The predicted molar refractivity (Wildman–Crippen MR) is 62.5 cm³/mol. The Labute approximate surface area is 101 Å². The minimum Gasteiger partial charge on any atom is -0.355 e. The number of piperidine rings is 1. The SMILES string of the molecule is O=C1CCC(C(=O)NCc2csc(=O)[nH]2)CN1. The van der Waals surface area contributed by atoms with Gasteiger partial charge in [0.15, 0.2) is 0 Å². The van der Waals surface area contributed by atoms with Gasteiger partial charge in [-0.3, -0.25) is 14.4 Å². The van der Waals surface area contributed by atoms with Gasteiger partial charge < -0.3 is 15.6 Å². The summed E-state index contributed by atoms with van der Waals surface area (Å²) in [6.07, 6.45) is 0.977. The Kier molecular flexibility index (Phi) is 3.58. The molecule has 92 valence electrons. The van der Waals surface area contributed by atoms with E-state index in [1.165, 1.54) is 0 Å². The summed E-state index contributed by atoms with van der Waals surface area (Å²) in [5.74, 6) is -0.258. The standard InChI is InChI=1S/C10H13N3O3S/c14-8-2-1-6(3-11-8)9(15)12-4-7-5-17-10(16)13-7/h5-6H,1-4H2,(H,11,14)(H,12,15)(H,13,16). The second-order valence-electron chi connectivity index (χ2n) is 3.93. The van der Waals surface area contributed by atoms with Crippen molar-refractivity contribution in [3.8, 4) is 0 Å². The number of rotatable bonds is 3.